The molecule has 0 amide bonds. The van der Waals surface area contributed by atoms with Crippen LogP contribution in [-0.2, 0) is 0 Å². The Kier molecular flexibility index (Phi) is 2.37. The largest absolute Gasteiger partial charge is 0.496 e. The fourth-order valence-electron chi connectivity index (χ4n) is 1.14. The first-order valence-corrected chi connectivity index (χ1v) is 4.31. The molecule has 0 spiro atoms. The molecule has 5 heteroatoms. The van der Waals surface area contributed by atoms with Crippen LogP contribution in [0.5, 0.6) is 5.75 Å². The zero-order chi connectivity index (χ0) is 9.97. The van der Waals surface area contributed by atoms with Crippen LogP contribution in [-0.4, -0.2) is 17.3 Å². The summed E-state index contributed by atoms with van der Waals surface area (Å²) >= 11 is 5.55. The summed E-state index contributed by atoms with van der Waals surface area (Å²) in [7, 11) is 1.58. The van der Waals surface area contributed by atoms with Crippen molar-refractivity contribution in [3.05, 3.63) is 29.5 Å². The summed E-state index contributed by atoms with van der Waals surface area (Å²) in [5.41, 5.74) is 0.731. The van der Waals surface area contributed by atoms with Gasteiger partial charge < -0.3 is 9.26 Å². The fraction of sp³-hybridized carbons (Fsp3) is 0.111. The van der Waals surface area contributed by atoms with Gasteiger partial charge in [0.2, 0.25) is 0 Å². The number of benzene rings is 1. The van der Waals surface area contributed by atoms with Crippen LogP contribution in [0.4, 0.5) is 0 Å². The van der Waals surface area contributed by atoms with Gasteiger partial charge in [0.05, 0.1) is 12.7 Å². The molecule has 0 saturated heterocycles. The summed E-state index contributed by atoms with van der Waals surface area (Å²) in [6.07, 6.45) is 0. The monoisotopic (exact) mass is 210 g/mol. The smallest absolute Gasteiger partial charge is 0.264 e. The Balaban J connectivity index is 2.50. The molecule has 0 N–H and O–H groups in total. The molecule has 0 unspecified atom stereocenters. The summed E-state index contributed by atoms with van der Waals surface area (Å²) in [4.78, 5) is 3.90. The van der Waals surface area contributed by atoms with E-state index in [1.165, 1.54) is 0 Å². The van der Waals surface area contributed by atoms with Gasteiger partial charge in [-0.1, -0.05) is 12.1 Å². The number of hydrogen-bond acceptors (Lipinski definition) is 4. The molecule has 0 radical (unpaired) electrons. The Labute approximate surface area is 85.5 Å². The lowest BCUT2D eigenvalue weighted by Gasteiger charge is -2.02. The third kappa shape index (κ3) is 1.56. The van der Waals surface area contributed by atoms with Crippen molar-refractivity contribution in [1.82, 2.24) is 10.1 Å². The highest BCUT2D eigenvalue weighted by molar-refractivity contribution is 6.28. The van der Waals surface area contributed by atoms with Gasteiger partial charge in [-0.05, 0) is 28.9 Å². The third-order valence-corrected chi connectivity index (χ3v) is 1.89. The van der Waals surface area contributed by atoms with Gasteiger partial charge in [0.1, 0.15) is 5.75 Å². The Morgan fingerprint density at radius 2 is 2.14 bits per heavy atom. The first-order valence-electron chi connectivity index (χ1n) is 3.94. The standard InChI is InChI=1S/C9H7ClN2O2/c1-13-7-5-3-2-4-6(7)8-11-9(10)12-14-8/h2-5H,1H3. The molecule has 2 aromatic rings. The van der Waals surface area contributed by atoms with Gasteiger partial charge in [-0.3, -0.25) is 0 Å². The van der Waals surface area contributed by atoms with Crippen LogP contribution in [0.15, 0.2) is 28.8 Å². The van der Waals surface area contributed by atoms with Crippen LogP contribution < -0.4 is 4.74 Å². The van der Waals surface area contributed by atoms with Gasteiger partial charge in [-0.15, -0.1) is 0 Å². The first kappa shape index (κ1) is 9.02. The van der Waals surface area contributed by atoms with Crippen LogP contribution in [0.25, 0.3) is 11.5 Å². The second-order valence-corrected chi connectivity index (χ2v) is 2.91. The quantitative estimate of drug-likeness (QED) is 0.764. The third-order valence-electron chi connectivity index (χ3n) is 1.74. The van der Waals surface area contributed by atoms with Crippen LogP contribution in [0.1, 0.15) is 0 Å². The number of methoxy groups -OCH3 is 1. The van der Waals surface area contributed by atoms with Crippen molar-refractivity contribution in [2.45, 2.75) is 0 Å². The maximum atomic E-state index is 5.55. The highest BCUT2D eigenvalue weighted by Gasteiger charge is 2.11. The van der Waals surface area contributed by atoms with Crippen LogP contribution >= 0.6 is 11.6 Å². The summed E-state index contributed by atoms with van der Waals surface area (Å²) in [5.74, 6) is 1.03. The highest BCUT2D eigenvalue weighted by Crippen LogP contribution is 2.28. The van der Waals surface area contributed by atoms with E-state index in [9.17, 15) is 0 Å². The van der Waals surface area contributed by atoms with Crippen LogP contribution in [0, 0.1) is 0 Å². The normalized spacial score (nSPS) is 10.1. The zero-order valence-corrected chi connectivity index (χ0v) is 8.15. The second-order valence-electron chi connectivity index (χ2n) is 2.57. The first-order chi connectivity index (χ1) is 6.81. The van der Waals surface area contributed by atoms with E-state index in [2.05, 4.69) is 10.1 Å². The van der Waals surface area contributed by atoms with Crippen LogP contribution in [0.2, 0.25) is 5.28 Å². The van der Waals surface area contributed by atoms with Gasteiger partial charge in [-0.25, -0.2) is 0 Å². The Bertz CT molecular complexity index is 442. The van der Waals surface area contributed by atoms with Crippen molar-refractivity contribution >= 4 is 11.6 Å². The molecule has 1 aromatic carbocycles. The van der Waals surface area contributed by atoms with Gasteiger partial charge in [0.15, 0.2) is 0 Å². The molecule has 14 heavy (non-hydrogen) atoms. The summed E-state index contributed by atoms with van der Waals surface area (Å²) in [6.45, 7) is 0. The molecule has 1 aromatic heterocycles. The minimum atomic E-state index is 0.0888. The SMILES string of the molecule is COc1ccccc1-c1nc(Cl)no1. The average molecular weight is 211 g/mol. The van der Waals surface area contributed by atoms with E-state index in [0.717, 1.165) is 5.56 Å². The average Bonchev–Trinajstić information content (AvgIpc) is 2.65. The number of ether oxygens (including phenoxy) is 1. The van der Waals surface area contributed by atoms with Gasteiger partial charge >= 0.3 is 0 Å². The molecule has 0 atom stereocenters. The number of nitrogens with zero attached hydrogens (tertiary/aromatic N) is 2. The Morgan fingerprint density at radius 3 is 2.79 bits per heavy atom. The van der Waals surface area contributed by atoms with Gasteiger partial charge in [-0.2, -0.15) is 4.98 Å². The predicted molar refractivity (Wildman–Crippen MR) is 51.3 cm³/mol. The summed E-state index contributed by atoms with van der Waals surface area (Å²) < 4.78 is 10.1. The summed E-state index contributed by atoms with van der Waals surface area (Å²) in [6, 6.07) is 7.35. The maximum Gasteiger partial charge on any atom is 0.264 e. The van der Waals surface area contributed by atoms with Crippen molar-refractivity contribution in [3.63, 3.8) is 0 Å². The van der Waals surface area contributed by atoms with E-state index < -0.39 is 0 Å². The van der Waals surface area contributed by atoms with Crippen molar-refractivity contribution in [3.8, 4) is 17.2 Å². The molecule has 1 heterocycles. The van der Waals surface area contributed by atoms with Crippen molar-refractivity contribution in [2.24, 2.45) is 0 Å². The Morgan fingerprint density at radius 1 is 1.36 bits per heavy atom. The van der Waals surface area contributed by atoms with Crippen molar-refractivity contribution < 1.29 is 9.26 Å². The van der Waals surface area contributed by atoms with Crippen LogP contribution in [0.3, 0.4) is 0 Å². The topological polar surface area (TPSA) is 48.2 Å². The number of para-hydroxylation sites is 1. The van der Waals surface area contributed by atoms with E-state index in [4.69, 9.17) is 20.9 Å². The molecule has 0 bridgehead atoms. The van der Waals surface area contributed by atoms with Crippen molar-refractivity contribution in [1.29, 1.82) is 0 Å². The molecule has 0 aliphatic rings. The fourth-order valence-corrected chi connectivity index (χ4v) is 1.25. The number of halogens is 1. The molecule has 72 valence electrons. The molecule has 0 aliphatic heterocycles. The minimum absolute atomic E-state index is 0.0888. The second kappa shape index (κ2) is 3.67. The number of rotatable bonds is 2. The summed E-state index contributed by atoms with van der Waals surface area (Å²) in [5, 5.41) is 3.58. The highest BCUT2D eigenvalue weighted by atomic mass is 35.5. The Hall–Kier alpha value is -1.55. The minimum Gasteiger partial charge on any atom is -0.496 e. The van der Waals surface area contributed by atoms with E-state index in [1.807, 2.05) is 24.3 Å². The van der Waals surface area contributed by atoms with E-state index in [-0.39, 0.29) is 5.28 Å². The van der Waals surface area contributed by atoms with E-state index in [0.29, 0.717) is 11.6 Å². The molecule has 2 rings (SSSR count). The lowest BCUT2D eigenvalue weighted by molar-refractivity contribution is 0.405. The molecule has 0 aliphatic carbocycles. The van der Waals surface area contributed by atoms with Crippen molar-refractivity contribution in [2.75, 3.05) is 7.11 Å². The van der Waals surface area contributed by atoms with Gasteiger partial charge in [0.25, 0.3) is 11.2 Å². The molecular weight excluding hydrogens is 204 g/mol. The lowest BCUT2D eigenvalue weighted by Crippen LogP contribution is -1.86. The zero-order valence-electron chi connectivity index (χ0n) is 7.40. The molecule has 4 nitrogen and oxygen atoms in total. The molecular formula is C9H7ClN2O2. The molecule has 0 saturated carbocycles. The molecule has 0 fully saturated rings. The van der Waals surface area contributed by atoms with E-state index >= 15 is 0 Å². The maximum absolute atomic E-state index is 5.55. The predicted octanol–water partition coefficient (Wildman–Crippen LogP) is 2.40. The van der Waals surface area contributed by atoms with E-state index in [1.54, 1.807) is 7.11 Å². The number of aromatic nitrogens is 2. The number of hydrogen-bond donors (Lipinski definition) is 0. The van der Waals surface area contributed by atoms with Gasteiger partial charge in [0, 0.05) is 0 Å². The lowest BCUT2D eigenvalue weighted by atomic mass is 10.2.